The molecule has 0 atom stereocenters. The van der Waals surface area contributed by atoms with E-state index in [9.17, 15) is 0 Å². The van der Waals surface area contributed by atoms with Crippen molar-refractivity contribution in [2.45, 2.75) is 6.92 Å². The zero-order chi connectivity index (χ0) is 9.80. The van der Waals surface area contributed by atoms with Gasteiger partial charge in [-0.05, 0) is 19.1 Å². The van der Waals surface area contributed by atoms with Gasteiger partial charge in [-0.25, -0.2) is 9.97 Å². The molecule has 1 heterocycles. The minimum Gasteiger partial charge on any atom is -0.353 e. The summed E-state index contributed by atoms with van der Waals surface area (Å²) in [6, 6.07) is 8.18. The quantitative estimate of drug-likeness (QED) is 0.781. The molecule has 0 unspecified atom stereocenters. The predicted octanol–water partition coefficient (Wildman–Crippen LogP) is 2.53. The lowest BCUT2D eigenvalue weighted by atomic mass is 10.2. The number of rotatable bonds is 2. The van der Waals surface area contributed by atoms with Gasteiger partial charge in [-0.3, -0.25) is 0 Å². The number of benzene rings is 1. The predicted molar refractivity (Wildman–Crippen MR) is 56.5 cm³/mol. The summed E-state index contributed by atoms with van der Waals surface area (Å²) in [5.41, 5.74) is 3.20. The van der Waals surface area contributed by atoms with Crippen LogP contribution in [0.3, 0.4) is 0 Å². The molecule has 0 aliphatic heterocycles. The minimum absolute atomic E-state index is 0.899. The molecule has 0 radical (unpaired) electrons. The average Bonchev–Trinajstić information content (AvgIpc) is 2.23. The number of aryl methyl sites for hydroxylation is 1. The first-order valence-corrected chi connectivity index (χ1v) is 4.43. The molecule has 0 spiro atoms. The molecule has 2 aromatic rings. The lowest BCUT2D eigenvalue weighted by Crippen LogP contribution is -1.91. The number of anilines is 2. The molecular formula is C11H11N3. The normalized spacial score (nSPS) is 9.79. The summed E-state index contributed by atoms with van der Waals surface area (Å²) >= 11 is 0. The van der Waals surface area contributed by atoms with E-state index >= 15 is 0 Å². The molecule has 0 aliphatic rings. The summed E-state index contributed by atoms with van der Waals surface area (Å²) in [5.74, 6) is 0. The van der Waals surface area contributed by atoms with Crippen molar-refractivity contribution in [3.05, 3.63) is 48.5 Å². The highest BCUT2D eigenvalue weighted by Gasteiger charge is 1.93. The molecular weight excluding hydrogens is 174 g/mol. The van der Waals surface area contributed by atoms with Gasteiger partial charge in [0.15, 0.2) is 0 Å². The van der Waals surface area contributed by atoms with Crippen molar-refractivity contribution in [3.63, 3.8) is 0 Å². The van der Waals surface area contributed by atoms with Crippen LogP contribution in [-0.4, -0.2) is 9.97 Å². The van der Waals surface area contributed by atoms with Gasteiger partial charge in [0.25, 0.3) is 0 Å². The summed E-state index contributed by atoms with van der Waals surface area (Å²) in [7, 11) is 0. The second-order valence-electron chi connectivity index (χ2n) is 3.12. The van der Waals surface area contributed by atoms with Crippen LogP contribution >= 0.6 is 0 Å². The molecule has 3 nitrogen and oxygen atoms in total. The number of hydrogen-bond donors (Lipinski definition) is 1. The fourth-order valence-corrected chi connectivity index (χ4v) is 1.17. The molecule has 70 valence electrons. The Morgan fingerprint density at radius 3 is 2.21 bits per heavy atom. The molecule has 0 saturated heterocycles. The van der Waals surface area contributed by atoms with Crippen LogP contribution in [0, 0.1) is 6.92 Å². The van der Waals surface area contributed by atoms with E-state index in [1.165, 1.54) is 11.9 Å². The average molecular weight is 185 g/mol. The van der Waals surface area contributed by atoms with E-state index in [1.54, 1.807) is 12.4 Å². The van der Waals surface area contributed by atoms with Gasteiger partial charge >= 0.3 is 0 Å². The summed E-state index contributed by atoms with van der Waals surface area (Å²) < 4.78 is 0. The van der Waals surface area contributed by atoms with Gasteiger partial charge < -0.3 is 5.32 Å². The Kier molecular flexibility index (Phi) is 2.40. The van der Waals surface area contributed by atoms with E-state index in [0.717, 1.165) is 11.4 Å². The highest BCUT2D eigenvalue weighted by Crippen LogP contribution is 2.14. The van der Waals surface area contributed by atoms with E-state index in [0.29, 0.717) is 0 Å². The van der Waals surface area contributed by atoms with Crippen molar-refractivity contribution in [3.8, 4) is 0 Å². The van der Waals surface area contributed by atoms with E-state index in [4.69, 9.17) is 0 Å². The van der Waals surface area contributed by atoms with Gasteiger partial charge in [0.05, 0.1) is 18.1 Å². The van der Waals surface area contributed by atoms with E-state index in [-0.39, 0.29) is 0 Å². The maximum Gasteiger partial charge on any atom is 0.115 e. The molecule has 1 aromatic carbocycles. The van der Waals surface area contributed by atoms with Crippen LogP contribution in [0.15, 0.2) is 43.0 Å². The Bertz CT molecular complexity index is 395. The first-order chi connectivity index (χ1) is 6.84. The Morgan fingerprint density at radius 1 is 0.929 bits per heavy atom. The molecule has 0 aliphatic carbocycles. The molecule has 0 fully saturated rings. The molecule has 1 aromatic heterocycles. The van der Waals surface area contributed by atoms with Crippen molar-refractivity contribution < 1.29 is 0 Å². The fourth-order valence-electron chi connectivity index (χ4n) is 1.17. The number of nitrogens with zero attached hydrogens (tertiary/aromatic N) is 2. The first kappa shape index (κ1) is 8.69. The highest BCUT2D eigenvalue weighted by molar-refractivity contribution is 5.57. The smallest absolute Gasteiger partial charge is 0.115 e. The minimum atomic E-state index is 0.899. The van der Waals surface area contributed by atoms with Gasteiger partial charge in [-0.1, -0.05) is 17.7 Å². The molecule has 1 N–H and O–H groups in total. The second kappa shape index (κ2) is 3.87. The third-order valence-corrected chi connectivity index (χ3v) is 1.90. The third-order valence-electron chi connectivity index (χ3n) is 1.90. The SMILES string of the molecule is Cc1ccc(Nc2cncnc2)cc1. The topological polar surface area (TPSA) is 37.8 Å². The summed E-state index contributed by atoms with van der Waals surface area (Å²) in [6.45, 7) is 2.06. The number of nitrogens with one attached hydrogen (secondary N) is 1. The molecule has 0 saturated carbocycles. The van der Waals surface area contributed by atoms with E-state index < -0.39 is 0 Å². The van der Waals surface area contributed by atoms with Crippen LogP contribution in [0.2, 0.25) is 0 Å². The maximum atomic E-state index is 3.92. The standard InChI is InChI=1S/C11H11N3/c1-9-2-4-10(5-3-9)14-11-6-12-8-13-7-11/h2-8,14H,1H3. The Hall–Kier alpha value is -1.90. The largest absolute Gasteiger partial charge is 0.353 e. The zero-order valence-electron chi connectivity index (χ0n) is 7.94. The lowest BCUT2D eigenvalue weighted by molar-refractivity contribution is 1.17. The molecule has 0 bridgehead atoms. The van der Waals surface area contributed by atoms with Gasteiger partial charge in [-0.2, -0.15) is 0 Å². The molecule has 2 rings (SSSR count). The maximum absolute atomic E-state index is 3.92. The zero-order valence-corrected chi connectivity index (χ0v) is 7.94. The van der Waals surface area contributed by atoms with Crippen molar-refractivity contribution >= 4 is 11.4 Å². The Balaban J connectivity index is 2.16. The lowest BCUT2D eigenvalue weighted by Gasteiger charge is -2.04. The van der Waals surface area contributed by atoms with Crippen molar-refractivity contribution in [2.24, 2.45) is 0 Å². The van der Waals surface area contributed by atoms with Crippen LogP contribution in [0.25, 0.3) is 0 Å². The summed E-state index contributed by atoms with van der Waals surface area (Å²) in [6.07, 6.45) is 5.00. The fraction of sp³-hybridized carbons (Fsp3) is 0.0909. The summed E-state index contributed by atoms with van der Waals surface area (Å²) in [5, 5.41) is 3.21. The molecule has 3 heteroatoms. The third kappa shape index (κ3) is 2.07. The van der Waals surface area contributed by atoms with Gasteiger partial charge in [0.1, 0.15) is 6.33 Å². The Morgan fingerprint density at radius 2 is 1.57 bits per heavy atom. The van der Waals surface area contributed by atoms with Crippen molar-refractivity contribution in [1.82, 2.24) is 9.97 Å². The van der Waals surface area contributed by atoms with Crippen LogP contribution in [0.1, 0.15) is 5.56 Å². The van der Waals surface area contributed by atoms with Crippen LogP contribution < -0.4 is 5.32 Å². The van der Waals surface area contributed by atoms with E-state index in [1.807, 2.05) is 12.1 Å². The first-order valence-electron chi connectivity index (χ1n) is 4.43. The second-order valence-corrected chi connectivity index (χ2v) is 3.12. The number of aromatic nitrogens is 2. The van der Waals surface area contributed by atoms with Crippen molar-refractivity contribution in [1.29, 1.82) is 0 Å². The van der Waals surface area contributed by atoms with Crippen LogP contribution in [0.5, 0.6) is 0 Å². The van der Waals surface area contributed by atoms with Gasteiger partial charge in [0, 0.05) is 5.69 Å². The summed E-state index contributed by atoms with van der Waals surface area (Å²) in [4.78, 5) is 7.85. The molecule has 0 amide bonds. The molecule has 14 heavy (non-hydrogen) atoms. The van der Waals surface area contributed by atoms with Crippen molar-refractivity contribution in [2.75, 3.05) is 5.32 Å². The van der Waals surface area contributed by atoms with Crippen LogP contribution in [0.4, 0.5) is 11.4 Å². The monoisotopic (exact) mass is 185 g/mol. The highest BCUT2D eigenvalue weighted by atomic mass is 14.9. The van der Waals surface area contributed by atoms with Gasteiger partial charge in [-0.15, -0.1) is 0 Å². The van der Waals surface area contributed by atoms with E-state index in [2.05, 4.69) is 34.3 Å². The van der Waals surface area contributed by atoms with Gasteiger partial charge in [0.2, 0.25) is 0 Å². The number of hydrogen-bond acceptors (Lipinski definition) is 3. The Labute approximate surface area is 82.8 Å². The van der Waals surface area contributed by atoms with Crippen LogP contribution in [-0.2, 0) is 0 Å².